The minimum absolute atomic E-state index is 0.359. The zero-order valence-corrected chi connectivity index (χ0v) is 9.22. The monoisotopic (exact) mass is 216 g/mol. The zero-order valence-electron chi connectivity index (χ0n) is 8.40. The van der Waals surface area contributed by atoms with Gasteiger partial charge >= 0.3 is 0 Å². The lowest BCUT2D eigenvalue weighted by Crippen LogP contribution is -1.87. The first-order valence-corrected chi connectivity index (χ1v) is 5.34. The molecule has 0 unspecified atom stereocenters. The number of hydrogen-bond acceptors (Lipinski definition) is 2. The van der Waals surface area contributed by atoms with Crippen LogP contribution in [-0.4, -0.2) is 6.61 Å². The first-order chi connectivity index (χ1) is 7.33. The molecule has 1 heterocycles. The molecule has 1 rings (SSSR count). The molecule has 0 saturated carbocycles. The average molecular weight is 216 g/mol. The van der Waals surface area contributed by atoms with Crippen molar-refractivity contribution < 1.29 is 4.74 Å². The van der Waals surface area contributed by atoms with Gasteiger partial charge in [-0.1, -0.05) is 43.2 Å². The van der Waals surface area contributed by atoms with Crippen LogP contribution >= 0.6 is 11.3 Å². The minimum atomic E-state index is 0.359. The number of hydrogen-bond donors (Lipinski definition) is 0. The summed E-state index contributed by atoms with van der Waals surface area (Å²) in [6, 6.07) is 3.95. The third-order valence-electron chi connectivity index (χ3n) is 1.48. The van der Waals surface area contributed by atoms with Crippen molar-refractivity contribution in [3.63, 3.8) is 0 Å². The summed E-state index contributed by atoms with van der Waals surface area (Å²) in [7, 11) is 0. The molecule has 15 heavy (non-hydrogen) atoms. The van der Waals surface area contributed by atoms with Crippen molar-refractivity contribution in [3.8, 4) is 11.8 Å². The van der Waals surface area contributed by atoms with Crippen molar-refractivity contribution >= 4 is 11.3 Å². The van der Waals surface area contributed by atoms with Gasteiger partial charge in [0.05, 0.1) is 4.88 Å². The summed E-state index contributed by atoms with van der Waals surface area (Å²) in [5.41, 5.74) is 0. The maximum absolute atomic E-state index is 5.24. The quantitative estimate of drug-likeness (QED) is 0.426. The van der Waals surface area contributed by atoms with E-state index in [0.29, 0.717) is 12.4 Å². The van der Waals surface area contributed by atoms with E-state index in [9.17, 15) is 0 Å². The van der Waals surface area contributed by atoms with Gasteiger partial charge in [-0.3, -0.25) is 0 Å². The fraction of sp³-hybridized carbons (Fsp3) is 0.0769. The van der Waals surface area contributed by atoms with Crippen LogP contribution in [0.1, 0.15) is 4.88 Å². The van der Waals surface area contributed by atoms with E-state index in [1.54, 1.807) is 29.6 Å². The Balaban J connectivity index is 2.30. The van der Waals surface area contributed by atoms with Gasteiger partial charge in [0.2, 0.25) is 0 Å². The van der Waals surface area contributed by atoms with E-state index < -0.39 is 0 Å². The molecule has 0 aromatic carbocycles. The highest BCUT2D eigenvalue weighted by molar-refractivity contribution is 7.10. The molecule has 1 aromatic heterocycles. The lowest BCUT2D eigenvalue weighted by atomic mass is 10.4. The summed E-state index contributed by atoms with van der Waals surface area (Å²) in [6.45, 7) is 7.62. The third kappa shape index (κ3) is 4.90. The second-order valence-electron chi connectivity index (χ2n) is 2.63. The first kappa shape index (κ1) is 11.4. The molecule has 0 radical (unpaired) electrons. The van der Waals surface area contributed by atoms with E-state index in [1.165, 1.54) is 0 Å². The summed E-state index contributed by atoms with van der Waals surface area (Å²) in [5, 5.41) is 2.00. The van der Waals surface area contributed by atoms with E-state index in [2.05, 4.69) is 25.0 Å². The normalized spacial score (nSPS) is 9.33. The molecule has 0 spiro atoms. The third-order valence-corrected chi connectivity index (χ3v) is 2.27. The van der Waals surface area contributed by atoms with Crippen LogP contribution in [0, 0.1) is 11.8 Å². The van der Waals surface area contributed by atoms with Crippen molar-refractivity contribution in [2.45, 2.75) is 0 Å². The van der Waals surface area contributed by atoms with E-state index in [0.717, 1.165) is 4.88 Å². The molecule has 1 aromatic rings. The summed E-state index contributed by atoms with van der Waals surface area (Å²) < 4.78 is 5.24. The lowest BCUT2D eigenvalue weighted by Gasteiger charge is -1.98. The summed E-state index contributed by atoms with van der Waals surface area (Å²) in [4.78, 5) is 1.05. The zero-order chi connectivity index (χ0) is 10.9. The van der Waals surface area contributed by atoms with Crippen LogP contribution in [0.5, 0.6) is 0 Å². The van der Waals surface area contributed by atoms with Crippen LogP contribution in [-0.2, 0) is 4.74 Å². The highest BCUT2D eigenvalue weighted by Gasteiger charge is 1.86. The van der Waals surface area contributed by atoms with Gasteiger partial charge < -0.3 is 4.74 Å². The Morgan fingerprint density at radius 3 is 3.13 bits per heavy atom. The molecular weight excluding hydrogens is 204 g/mol. The fourth-order valence-electron chi connectivity index (χ4n) is 0.825. The summed E-state index contributed by atoms with van der Waals surface area (Å²) in [6.07, 6.45) is 5.20. The summed E-state index contributed by atoms with van der Waals surface area (Å²) in [5.74, 6) is 6.50. The van der Waals surface area contributed by atoms with Crippen molar-refractivity contribution in [3.05, 3.63) is 59.5 Å². The Kier molecular flexibility index (Phi) is 5.07. The Bertz CT molecular complexity index is 401. The first-order valence-electron chi connectivity index (χ1n) is 4.46. The Hall–Kier alpha value is -1.72. The van der Waals surface area contributed by atoms with Crippen LogP contribution in [0.15, 0.2) is 54.7 Å². The standard InChI is InChI=1S/C13H12OS/c1-3-4-7-12(2)14-10-5-8-13-9-6-11-15-13/h3-4,6-7,9,11H,1-2,10H2/b7-4-. The van der Waals surface area contributed by atoms with Gasteiger partial charge in [0.1, 0.15) is 12.4 Å². The van der Waals surface area contributed by atoms with Crippen molar-refractivity contribution in [2.75, 3.05) is 6.61 Å². The van der Waals surface area contributed by atoms with E-state index in [4.69, 9.17) is 4.74 Å². The molecule has 0 aliphatic carbocycles. The molecular formula is C13H12OS. The van der Waals surface area contributed by atoms with Crippen LogP contribution in [0.25, 0.3) is 0 Å². The van der Waals surface area contributed by atoms with Crippen molar-refractivity contribution in [1.29, 1.82) is 0 Å². The van der Waals surface area contributed by atoms with Gasteiger partial charge in [0, 0.05) is 0 Å². The van der Waals surface area contributed by atoms with E-state index >= 15 is 0 Å². The molecule has 0 atom stereocenters. The lowest BCUT2D eigenvalue weighted by molar-refractivity contribution is 0.269. The second-order valence-corrected chi connectivity index (χ2v) is 3.58. The molecule has 0 aliphatic heterocycles. The van der Waals surface area contributed by atoms with E-state index in [-0.39, 0.29) is 0 Å². The Labute approximate surface area is 94.4 Å². The highest BCUT2D eigenvalue weighted by atomic mass is 32.1. The molecule has 0 N–H and O–H groups in total. The maximum Gasteiger partial charge on any atom is 0.149 e. The largest absolute Gasteiger partial charge is 0.482 e. The van der Waals surface area contributed by atoms with Crippen LogP contribution < -0.4 is 0 Å². The second kappa shape index (κ2) is 6.69. The van der Waals surface area contributed by atoms with Crippen molar-refractivity contribution in [2.24, 2.45) is 0 Å². The minimum Gasteiger partial charge on any atom is -0.482 e. The smallest absolute Gasteiger partial charge is 0.149 e. The molecule has 2 heteroatoms. The Morgan fingerprint density at radius 2 is 2.47 bits per heavy atom. The fourth-order valence-corrected chi connectivity index (χ4v) is 1.42. The molecule has 0 fully saturated rings. The highest BCUT2D eigenvalue weighted by Crippen LogP contribution is 2.05. The van der Waals surface area contributed by atoms with Crippen LogP contribution in [0.4, 0.5) is 0 Å². The number of allylic oxidation sites excluding steroid dienone is 3. The predicted octanol–water partition coefficient (Wildman–Crippen LogP) is 3.37. The average Bonchev–Trinajstić information content (AvgIpc) is 2.74. The summed E-state index contributed by atoms with van der Waals surface area (Å²) >= 11 is 1.62. The number of ether oxygens (including phenoxy) is 1. The van der Waals surface area contributed by atoms with Gasteiger partial charge in [-0.2, -0.15) is 0 Å². The molecule has 0 amide bonds. The van der Waals surface area contributed by atoms with Crippen LogP contribution in [0.2, 0.25) is 0 Å². The van der Waals surface area contributed by atoms with Gasteiger partial charge in [0.25, 0.3) is 0 Å². The number of rotatable bonds is 4. The Morgan fingerprint density at radius 1 is 1.60 bits per heavy atom. The van der Waals surface area contributed by atoms with Gasteiger partial charge in [0.15, 0.2) is 0 Å². The predicted molar refractivity (Wildman–Crippen MR) is 65.6 cm³/mol. The van der Waals surface area contributed by atoms with Crippen LogP contribution in [0.3, 0.4) is 0 Å². The molecule has 1 nitrogen and oxygen atoms in total. The van der Waals surface area contributed by atoms with Gasteiger partial charge in [-0.15, -0.1) is 11.3 Å². The topological polar surface area (TPSA) is 9.23 Å². The SMILES string of the molecule is C=C/C=C\C(=C)OCC#Cc1cccs1. The molecule has 76 valence electrons. The molecule has 0 aliphatic rings. The van der Waals surface area contributed by atoms with Gasteiger partial charge in [-0.25, -0.2) is 0 Å². The van der Waals surface area contributed by atoms with E-state index in [1.807, 2.05) is 17.5 Å². The number of thiophene rings is 1. The maximum atomic E-state index is 5.24. The molecule has 0 saturated heterocycles. The van der Waals surface area contributed by atoms with Crippen molar-refractivity contribution in [1.82, 2.24) is 0 Å². The van der Waals surface area contributed by atoms with Gasteiger partial charge in [-0.05, 0) is 17.5 Å². The molecule has 0 bridgehead atoms.